The van der Waals surface area contributed by atoms with Gasteiger partial charge in [0.25, 0.3) is 0 Å². The lowest BCUT2D eigenvalue weighted by atomic mass is 9.93. The van der Waals surface area contributed by atoms with Crippen LogP contribution in [0.4, 0.5) is 11.5 Å². The maximum atomic E-state index is 9.87. The molecule has 0 aromatic carbocycles. The molecule has 4 N–H and O–H groups in total. The number of pyridine rings is 2. The number of nitrogen functional groups attached to an aromatic ring is 1. The Morgan fingerprint density at radius 1 is 1.25 bits per heavy atom. The first-order chi connectivity index (χ1) is 11.7. The summed E-state index contributed by atoms with van der Waals surface area (Å²) in [6, 6.07) is 4.08. The number of hydrogen-bond acceptors (Lipinski definition) is 6. The van der Waals surface area contributed by atoms with Gasteiger partial charge in [-0.2, -0.15) is 0 Å². The first-order valence-corrected chi connectivity index (χ1v) is 8.39. The molecule has 0 amide bonds. The lowest BCUT2D eigenvalue weighted by Gasteiger charge is -2.27. The minimum Gasteiger partial charge on any atom is -0.393 e. The van der Waals surface area contributed by atoms with Gasteiger partial charge in [0.1, 0.15) is 11.3 Å². The van der Waals surface area contributed by atoms with E-state index in [0.717, 1.165) is 53.5 Å². The van der Waals surface area contributed by atoms with Gasteiger partial charge in [0.15, 0.2) is 0 Å². The monoisotopic (exact) mass is 323 g/mol. The molecule has 24 heavy (non-hydrogen) atoms. The van der Waals surface area contributed by atoms with Crippen LogP contribution in [0.5, 0.6) is 0 Å². The normalized spacial score (nSPS) is 23.5. The SMILES string of the molecule is Nc1cc(NC2CCCC(O)C2)c2ncc(C3=CC=NC3)cc2n1. The van der Waals surface area contributed by atoms with Crippen molar-refractivity contribution in [3.8, 4) is 0 Å². The van der Waals surface area contributed by atoms with Crippen LogP contribution < -0.4 is 11.1 Å². The quantitative estimate of drug-likeness (QED) is 0.806. The number of allylic oxidation sites excluding steroid dienone is 1. The Labute approximate surface area is 140 Å². The third kappa shape index (κ3) is 2.97. The van der Waals surface area contributed by atoms with E-state index in [-0.39, 0.29) is 12.1 Å². The Morgan fingerprint density at radius 2 is 2.17 bits per heavy atom. The van der Waals surface area contributed by atoms with Gasteiger partial charge in [0.2, 0.25) is 0 Å². The number of nitrogens with two attached hydrogens (primary N) is 1. The van der Waals surface area contributed by atoms with Crippen molar-refractivity contribution in [3.05, 3.63) is 30.0 Å². The van der Waals surface area contributed by atoms with Crippen molar-refractivity contribution in [2.24, 2.45) is 4.99 Å². The van der Waals surface area contributed by atoms with Gasteiger partial charge in [-0.25, -0.2) is 4.98 Å². The van der Waals surface area contributed by atoms with E-state index in [9.17, 15) is 5.11 Å². The molecule has 0 saturated heterocycles. The summed E-state index contributed by atoms with van der Waals surface area (Å²) in [6.07, 6.45) is 9.16. The van der Waals surface area contributed by atoms with Crippen LogP contribution in [0, 0.1) is 0 Å². The van der Waals surface area contributed by atoms with Crippen molar-refractivity contribution in [1.29, 1.82) is 0 Å². The van der Waals surface area contributed by atoms with Gasteiger partial charge >= 0.3 is 0 Å². The molecule has 6 nitrogen and oxygen atoms in total. The third-order valence-corrected chi connectivity index (χ3v) is 4.68. The summed E-state index contributed by atoms with van der Waals surface area (Å²) in [7, 11) is 0. The predicted octanol–water partition coefficient (Wildman–Crippen LogP) is 2.40. The number of rotatable bonds is 3. The Balaban J connectivity index is 1.67. The zero-order chi connectivity index (χ0) is 16.5. The van der Waals surface area contributed by atoms with Crippen LogP contribution in [-0.4, -0.2) is 40.0 Å². The van der Waals surface area contributed by atoms with Crippen LogP contribution in [0.3, 0.4) is 0 Å². The lowest BCUT2D eigenvalue weighted by Crippen LogP contribution is -2.30. The number of nitrogens with one attached hydrogen (secondary N) is 1. The summed E-state index contributed by atoms with van der Waals surface area (Å²) in [5.41, 5.74) is 10.6. The van der Waals surface area contributed by atoms with Gasteiger partial charge < -0.3 is 16.2 Å². The highest BCUT2D eigenvalue weighted by Crippen LogP contribution is 2.29. The van der Waals surface area contributed by atoms with Gasteiger partial charge in [-0.1, -0.05) is 0 Å². The van der Waals surface area contributed by atoms with Crippen LogP contribution in [0.25, 0.3) is 16.6 Å². The topological polar surface area (TPSA) is 96.4 Å². The molecule has 1 saturated carbocycles. The summed E-state index contributed by atoms with van der Waals surface area (Å²) in [6.45, 7) is 0.681. The molecular formula is C18H21N5O. The zero-order valence-electron chi connectivity index (χ0n) is 13.4. The van der Waals surface area contributed by atoms with Gasteiger partial charge in [-0.3, -0.25) is 9.98 Å². The van der Waals surface area contributed by atoms with Crippen molar-refractivity contribution >= 4 is 34.3 Å². The number of hydrogen-bond donors (Lipinski definition) is 3. The number of aliphatic imine (C=N–C) groups is 1. The van der Waals surface area contributed by atoms with E-state index in [1.54, 1.807) is 0 Å². The summed E-state index contributed by atoms with van der Waals surface area (Å²) in [5.74, 6) is 0.469. The molecule has 2 aromatic heterocycles. The molecule has 2 aromatic rings. The molecular weight excluding hydrogens is 302 g/mol. The first kappa shape index (κ1) is 15.1. The van der Waals surface area contributed by atoms with E-state index in [2.05, 4.69) is 20.3 Å². The Morgan fingerprint density at radius 3 is 2.96 bits per heavy atom. The molecule has 2 aliphatic rings. The number of fused-ring (bicyclic) bond motifs is 1. The minimum absolute atomic E-state index is 0.226. The Hall–Kier alpha value is -2.47. The molecule has 0 bridgehead atoms. The highest BCUT2D eigenvalue weighted by Gasteiger charge is 2.21. The van der Waals surface area contributed by atoms with E-state index < -0.39 is 0 Å². The Bertz CT molecular complexity index is 830. The number of aromatic nitrogens is 2. The molecule has 4 rings (SSSR count). The Kier molecular flexibility index (Phi) is 3.90. The van der Waals surface area contributed by atoms with E-state index in [0.29, 0.717) is 12.4 Å². The van der Waals surface area contributed by atoms with Crippen molar-refractivity contribution in [3.63, 3.8) is 0 Å². The lowest BCUT2D eigenvalue weighted by molar-refractivity contribution is 0.124. The number of anilines is 2. The largest absolute Gasteiger partial charge is 0.393 e. The molecule has 124 valence electrons. The van der Waals surface area contributed by atoms with E-state index in [1.165, 1.54) is 0 Å². The zero-order valence-corrected chi connectivity index (χ0v) is 13.4. The molecule has 2 atom stereocenters. The fraction of sp³-hybridized carbons (Fsp3) is 0.389. The van der Waals surface area contributed by atoms with Crippen molar-refractivity contribution in [2.75, 3.05) is 17.6 Å². The summed E-state index contributed by atoms with van der Waals surface area (Å²) < 4.78 is 0. The van der Waals surface area contributed by atoms with Gasteiger partial charge in [-0.05, 0) is 43.4 Å². The summed E-state index contributed by atoms with van der Waals surface area (Å²) in [5, 5.41) is 13.4. The molecule has 6 heteroatoms. The average molecular weight is 323 g/mol. The maximum Gasteiger partial charge on any atom is 0.126 e. The fourth-order valence-corrected chi connectivity index (χ4v) is 3.47. The molecule has 1 aliphatic carbocycles. The second kappa shape index (κ2) is 6.20. The predicted molar refractivity (Wildman–Crippen MR) is 97.2 cm³/mol. The van der Waals surface area contributed by atoms with Crippen LogP contribution in [0.2, 0.25) is 0 Å². The smallest absolute Gasteiger partial charge is 0.126 e. The molecule has 0 spiro atoms. The number of aliphatic hydroxyl groups is 1. The third-order valence-electron chi connectivity index (χ3n) is 4.68. The van der Waals surface area contributed by atoms with Crippen molar-refractivity contribution in [1.82, 2.24) is 9.97 Å². The van der Waals surface area contributed by atoms with Crippen LogP contribution in [-0.2, 0) is 0 Å². The summed E-state index contributed by atoms with van der Waals surface area (Å²) in [4.78, 5) is 13.3. The van der Waals surface area contributed by atoms with Crippen LogP contribution in [0.1, 0.15) is 31.2 Å². The summed E-state index contributed by atoms with van der Waals surface area (Å²) >= 11 is 0. The second-order valence-electron chi connectivity index (χ2n) is 6.53. The van der Waals surface area contributed by atoms with E-state index in [1.807, 2.05) is 30.6 Å². The molecule has 1 aliphatic heterocycles. The van der Waals surface area contributed by atoms with Gasteiger partial charge in [0.05, 0.1) is 23.9 Å². The van der Waals surface area contributed by atoms with Crippen LogP contribution in [0.15, 0.2) is 29.4 Å². The fourth-order valence-electron chi connectivity index (χ4n) is 3.47. The van der Waals surface area contributed by atoms with Gasteiger partial charge in [0, 0.05) is 30.1 Å². The highest BCUT2D eigenvalue weighted by molar-refractivity contribution is 5.94. The van der Waals surface area contributed by atoms with Gasteiger partial charge in [-0.15, -0.1) is 0 Å². The van der Waals surface area contributed by atoms with Crippen molar-refractivity contribution < 1.29 is 5.11 Å². The highest BCUT2D eigenvalue weighted by atomic mass is 16.3. The minimum atomic E-state index is -0.226. The molecule has 3 heterocycles. The number of nitrogens with zero attached hydrogens (tertiary/aromatic N) is 3. The average Bonchev–Trinajstić information content (AvgIpc) is 3.08. The maximum absolute atomic E-state index is 9.87. The van der Waals surface area contributed by atoms with Crippen molar-refractivity contribution in [2.45, 2.75) is 37.8 Å². The molecule has 0 radical (unpaired) electrons. The van der Waals surface area contributed by atoms with Crippen LogP contribution >= 0.6 is 0 Å². The molecule has 2 unspecified atom stereocenters. The second-order valence-corrected chi connectivity index (χ2v) is 6.53. The first-order valence-electron chi connectivity index (χ1n) is 8.39. The van der Waals surface area contributed by atoms with E-state index >= 15 is 0 Å². The number of aliphatic hydroxyl groups excluding tert-OH is 1. The molecule has 1 fully saturated rings. The van der Waals surface area contributed by atoms with E-state index in [4.69, 9.17) is 5.73 Å². The standard InChI is InChI=1S/C18H21N5O/c19-17-8-16(22-13-2-1-3-14(24)7-13)18-15(23-17)6-12(10-21-18)11-4-5-20-9-11/h4-6,8,10,13-14,24H,1-3,7,9H2,(H3,19,22,23).